The van der Waals surface area contributed by atoms with E-state index in [-0.39, 0.29) is 28.3 Å². The lowest BCUT2D eigenvalue weighted by Gasteiger charge is -2.22. The number of benzene rings is 3. The Labute approximate surface area is 190 Å². The van der Waals surface area contributed by atoms with Crippen LogP contribution < -0.4 is 4.74 Å². The maximum Gasteiger partial charge on any atom is 0.312 e. The van der Waals surface area contributed by atoms with Gasteiger partial charge >= 0.3 is 5.69 Å². The largest absolute Gasteiger partial charge is 0.450 e. The molecule has 0 bridgehead atoms. The van der Waals surface area contributed by atoms with E-state index in [1.54, 1.807) is 0 Å². The topological polar surface area (TPSA) is 113 Å². The van der Waals surface area contributed by atoms with Crippen LogP contribution in [0.15, 0.2) is 66.7 Å². The smallest absolute Gasteiger partial charge is 0.312 e. The van der Waals surface area contributed by atoms with Gasteiger partial charge in [0.15, 0.2) is 5.78 Å². The quantitative estimate of drug-likeness (QED) is 0.230. The van der Waals surface area contributed by atoms with Gasteiger partial charge in [0.05, 0.1) is 9.85 Å². The SMILES string of the molecule is O=C(c1ccc([N+](=O)[O-])cc1)c1ccc(Oc2ccc(C3CCCCC3)cc2)c([N+](=O)[O-])c1. The molecule has 33 heavy (non-hydrogen) atoms. The Balaban J connectivity index is 1.54. The number of ketones is 1. The Hall–Kier alpha value is -4.07. The van der Waals surface area contributed by atoms with Crippen LogP contribution in [0.2, 0.25) is 0 Å². The first kappa shape index (κ1) is 22.1. The molecular formula is C25H22N2O6. The average Bonchev–Trinajstić information content (AvgIpc) is 2.85. The van der Waals surface area contributed by atoms with Gasteiger partial charge in [0, 0.05) is 29.3 Å². The van der Waals surface area contributed by atoms with Gasteiger partial charge in [0.25, 0.3) is 5.69 Å². The number of nitrogens with zero attached hydrogens (tertiary/aromatic N) is 2. The molecule has 4 rings (SSSR count). The Bertz CT molecular complexity index is 1180. The lowest BCUT2D eigenvalue weighted by Crippen LogP contribution is -2.04. The highest BCUT2D eigenvalue weighted by molar-refractivity contribution is 6.09. The highest BCUT2D eigenvalue weighted by Crippen LogP contribution is 2.36. The first-order valence-corrected chi connectivity index (χ1v) is 10.8. The molecule has 168 valence electrons. The summed E-state index contributed by atoms with van der Waals surface area (Å²) in [6.45, 7) is 0. The van der Waals surface area contributed by atoms with Crippen LogP contribution >= 0.6 is 0 Å². The number of ether oxygens (including phenoxy) is 1. The maximum atomic E-state index is 12.7. The second-order valence-corrected chi connectivity index (χ2v) is 8.08. The number of carbonyl (C=O) groups excluding carboxylic acids is 1. The molecule has 0 aromatic heterocycles. The summed E-state index contributed by atoms with van der Waals surface area (Å²) >= 11 is 0. The molecule has 0 aliphatic heterocycles. The third-order valence-corrected chi connectivity index (χ3v) is 5.94. The van der Waals surface area contributed by atoms with Crippen molar-refractivity contribution in [2.45, 2.75) is 38.0 Å². The molecule has 0 saturated heterocycles. The Morgan fingerprint density at radius 2 is 1.42 bits per heavy atom. The molecule has 8 nitrogen and oxygen atoms in total. The Morgan fingerprint density at radius 3 is 2.03 bits per heavy atom. The van der Waals surface area contributed by atoms with Gasteiger partial charge in [-0.2, -0.15) is 0 Å². The molecule has 0 unspecified atom stereocenters. The minimum Gasteiger partial charge on any atom is -0.450 e. The summed E-state index contributed by atoms with van der Waals surface area (Å²) in [7, 11) is 0. The van der Waals surface area contributed by atoms with Crippen LogP contribution in [-0.4, -0.2) is 15.6 Å². The van der Waals surface area contributed by atoms with Gasteiger partial charge in [-0.1, -0.05) is 31.4 Å². The lowest BCUT2D eigenvalue weighted by molar-refractivity contribution is -0.385. The molecule has 0 N–H and O–H groups in total. The van der Waals surface area contributed by atoms with Gasteiger partial charge < -0.3 is 4.74 Å². The molecule has 0 heterocycles. The van der Waals surface area contributed by atoms with E-state index < -0.39 is 15.6 Å². The molecular weight excluding hydrogens is 424 g/mol. The van der Waals surface area contributed by atoms with E-state index in [0.29, 0.717) is 11.7 Å². The summed E-state index contributed by atoms with van der Waals surface area (Å²) in [6.07, 6.45) is 6.11. The lowest BCUT2D eigenvalue weighted by atomic mass is 9.84. The number of nitro groups is 2. The number of nitro benzene ring substituents is 2. The van der Waals surface area contributed by atoms with Crippen molar-refractivity contribution in [1.29, 1.82) is 0 Å². The highest BCUT2D eigenvalue weighted by atomic mass is 16.6. The Kier molecular flexibility index (Phi) is 6.44. The van der Waals surface area contributed by atoms with Crippen LogP contribution in [0.5, 0.6) is 11.5 Å². The zero-order valence-electron chi connectivity index (χ0n) is 17.8. The molecule has 0 amide bonds. The highest BCUT2D eigenvalue weighted by Gasteiger charge is 2.21. The van der Waals surface area contributed by atoms with Gasteiger partial charge in [-0.15, -0.1) is 0 Å². The predicted molar refractivity (Wildman–Crippen MR) is 122 cm³/mol. The van der Waals surface area contributed by atoms with E-state index in [4.69, 9.17) is 4.74 Å². The van der Waals surface area contributed by atoms with Crippen LogP contribution in [-0.2, 0) is 0 Å². The van der Waals surface area contributed by atoms with E-state index in [1.807, 2.05) is 24.3 Å². The molecule has 0 radical (unpaired) electrons. The molecule has 1 fully saturated rings. The molecule has 0 atom stereocenters. The van der Waals surface area contributed by atoms with Crippen LogP contribution in [0.25, 0.3) is 0 Å². The minimum absolute atomic E-state index is 0.0330. The summed E-state index contributed by atoms with van der Waals surface area (Å²) in [5.74, 6) is 0.584. The zero-order chi connectivity index (χ0) is 23.4. The van der Waals surface area contributed by atoms with Crippen molar-refractivity contribution < 1.29 is 19.4 Å². The fraction of sp³-hybridized carbons (Fsp3) is 0.240. The van der Waals surface area contributed by atoms with Crippen molar-refractivity contribution in [3.05, 3.63) is 104 Å². The van der Waals surface area contributed by atoms with Crippen molar-refractivity contribution in [1.82, 2.24) is 0 Å². The van der Waals surface area contributed by atoms with E-state index in [0.717, 1.165) is 6.07 Å². The zero-order valence-corrected chi connectivity index (χ0v) is 17.8. The van der Waals surface area contributed by atoms with E-state index in [2.05, 4.69) is 0 Å². The molecule has 0 spiro atoms. The van der Waals surface area contributed by atoms with Crippen molar-refractivity contribution in [3.63, 3.8) is 0 Å². The summed E-state index contributed by atoms with van der Waals surface area (Å²) in [5, 5.41) is 22.4. The third kappa shape index (κ3) is 5.06. The van der Waals surface area contributed by atoms with E-state index in [9.17, 15) is 25.0 Å². The van der Waals surface area contributed by atoms with E-state index >= 15 is 0 Å². The minimum atomic E-state index is -0.599. The first-order chi connectivity index (χ1) is 15.9. The van der Waals surface area contributed by atoms with Crippen molar-refractivity contribution in [2.24, 2.45) is 0 Å². The van der Waals surface area contributed by atoms with Crippen molar-refractivity contribution in [3.8, 4) is 11.5 Å². The average molecular weight is 446 g/mol. The van der Waals surface area contributed by atoms with Crippen LogP contribution in [0.1, 0.15) is 59.5 Å². The third-order valence-electron chi connectivity index (χ3n) is 5.94. The molecule has 3 aromatic carbocycles. The summed E-state index contributed by atoms with van der Waals surface area (Å²) in [6, 6.07) is 16.7. The number of non-ortho nitro benzene ring substituents is 1. The number of carbonyl (C=O) groups is 1. The number of rotatable bonds is 7. The molecule has 8 heteroatoms. The van der Waals surface area contributed by atoms with Gasteiger partial charge in [-0.25, -0.2) is 0 Å². The number of hydrogen-bond donors (Lipinski definition) is 0. The fourth-order valence-corrected chi connectivity index (χ4v) is 4.16. The summed E-state index contributed by atoms with van der Waals surface area (Å²) in [5.41, 5.74) is 1.06. The van der Waals surface area contributed by atoms with Crippen molar-refractivity contribution in [2.75, 3.05) is 0 Å². The monoisotopic (exact) mass is 446 g/mol. The van der Waals surface area contributed by atoms with Crippen LogP contribution in [0.4, 0.5) is 11.4 Å². The summed E-state index contributed by atoms with van der Waals surface area (Å²) in [4.78, 5) is 34.0. The maximum absolute atomic E-state index is 12.7. The van der Waals surface area contributed by atoms with E-state index in [1.165, 1.54) is 74.1 Å². The first-order valence-electron chi connectivity index (χ1n) is 10.8. The normalized spacial score (nSPS) is 13.9. The Morgan fingerprint density at radius 1 is 0.788 bits per heavy atom. The van der Waals surface area contributed by atoms with Gasteiger partial charge in [-0.05, 0) is 60.7 Å². The standard InChI is InChI=1S/C25H22N2O6/c28-25(19-6-11-21(12-7-19)26(29)30)20-10-15-24(23(16-20)27(31)32)33-22-13-8-18(9-14-22)17-4-2-1-3-5-17/h6-17H,1-5H2. The fourth-order valence-electron chi connectivity index (χ4n) is 4.16. The molecule has 1 aliphatic carbocycles. The second-order valence-electron chi connectivity index (χ2n) is 8.08. The van der Waals surface area contributed by atoms with Gasteiger partial charge in [0.1, 0.15) is 5.75 Å². The number of hydrogen-bond acceptors (Lipinski definition) is 6. The van der Waals surface area contributed by atoms with Crippen LogP contribution in [0, 0.1) is 20.2 Å². The predicted octanol–water partition coefficient (Wildman–Crippen LogP) is 6.57. The molecule has 1 aliphatic rings. The van der Waals surface area contributed by atoms with Crippen molar-refractivity contribution >= 4 is 17.2 Å². The molecule has 3 aromatic rings. The van der Waals surface area contributed by atoms with Crippen LogP contribution in [0.3, 0.4) is 0 Å². The van der Waals surface area contributed by atoms with Gasteiger partial charge in [0.2, 0.25) is 5.75 Å². The summed E-state index contributed by atoms with van der Waals surface area (Å²) < 4.78 is 5.77. The molecule has 1 saturated carbocycles. The second kappa shape index (κ2) is 9.60. The van der Waals surface area contributed by atoms with Gasteiger partial charge in [-0.3, -0.25) is 25.0 Å².